The zero-order chi connectivity index (χ0) is 26.3. The molecule has 0 bridgehead atoms. The highest BCUT2D eigenvalue weighted by atomic mass is 32.1. The van der Waals surface area contributed by atoms with Crippen molar-refractivity contribution in [2.45, 2.75) is 45.7 Å². The molecule has 3 aromatic rings. The number of guanidine groups is 1. The third-order valence-electron chi connectivity index (χ3n) is 7.21. The van der Waals surface area contributed by atoms with Gasteiger partial charge in [0.1, 0.15) is 6.04 Å². The summed E-state index contributed by atoms with van der Waals surface area (Å²) in [5.41, 5.74) is 11.0. The number of nitrogens with zero attached hydrogens (tertiary/aromatic N) is 3. The van der Waals surface area contributed by atoms with Gasteiger partial charge < -0.3 is 15.5 Å². The first-order chi connectivity index (χ1) is 17.7. The van der Waals surface area contributed by atoms with Crippen molar-refractivity contribution in [3.63, 3.8) is 0 Å². The van der Waals surface area contributed by atoms with Gasteiger partial charge in [0, 0.05) is 36.4 Å². The normalized spacial score (nSPS) is 16.6. The lowest BCUT2D eigenvalue weighted by molar-refractivity contribution is -0.123. The highest BCUT2D eigenvalue weighted by Gasteiger charge is 2.38. The quantitative estimate of drug-likeness (QED) is 0.305. The van der Waals surface area contributed by atoms with Gasteiger partial charge in [0.15, 0.2) is 22.5 Å². The van der Waals surface area contributed by atoms with E-state index in [1.807, 2.05) is 25.1 Å². The second-order valence-electron chi connectivity index (χ2n) is 9.64. The molecular formula is C28H29N5O3S. The Balaban J connectivity index is 1.46. The summed E-state index contributed by atoms with van der Waals surface area (Å²) >= 11 is 1.33. The first-order valence-electron chi connectivity index (χ1n) is 12.3. The van der Waals surface area contributed by atoms with Crippen LogP contribution in [0, 0.1) is 12.3 Å². The molecule has 1 aromatic heterocycles. The summed E-state index contributed by atoms with van der Waals surface area (Å²) in [7, 11) is 0. The van der Waals surface area contributed by atoms with E-state index in [2.05, 4.69) is 4.98 Å². The van der Waals surface area contributed by atoms with Gasteiger partial charge in [0.2, 0.25) is 0 Å². The predicted octanol–water partition coefficient (Wildman–Crippen LogP) is 3.46. The van der Waals surface area contributed by atoms with Gasteiger partial charge in [-0.1, -0.05) is 42.5 Å². The highest BCUT2D eigenvalue weighted by molar-refractivity contribution is 7.13. The van der Waals surface area contributed by atoms with Gasteiger partial charge in [0.25, 0.3) is 5.91 Å². The first kappa shape index (κ1) is 24.8. The van der Waals surface area contributed by atoms with E-state index in [0.717, 1.165) is 32.8 Å². The maximum atomic E-state index is 13.8. The van der Waals surface area contributed by atoms with Gasteiger partial charge in [-0.25, -0.2) is 4.98 Å². The molecule has 3 heterocycles. The minimum absolute atomic E-state index is 0.0110. The minimum Gasteiger partial charge on any atom is -0.370 e. The van der Waals surface area contributed by atoms with Gasteiger partial charge in [-0.15, -0.1) is 11.3 Å². The lowest BCUT2D eigenvalue weighted by atomic mass is 9.86. The molecule has 1 atom stereocenters. The standard InChI is InChI=1S/C28H29N5O3S/c1-16-4-3-5-21-20(16)10-13-33(25(21)23(35)14-18-6-8-19(9-7-18)17(2)34)27(36)26-31-22-11-12-32(28(29)30)15-24(22)37-26/h3-9,25H,10-15H2,1-2H3,(H3,29,30). The van der Waals surface area contributed by atoms with Crippen molar-refractivity contribution in [2.75, 3.05) is 13.1 Å². The van der Waals surface area contributed by atoms with Crippen molar-refractivity contribution in [1.29, 1.82) is 5.41 Å². The molecule has 37 heavy (non-hydrogen) atoms. The van der Waals surface area contributed by atoms with E-state index in [0.29, 0.717) is 43.0 Å². The van der Waals surface area contributed by atoms with Gasteiger partial charge in [0.05, 0.1) is 12.2 Å². The Hall–Kier alpha value is -3.85. The van der Waals surface area contributed by atoms with Crippen LogP contribution in [0.4, 0.5) is 0 Å². The molecule has 0 radical (unpaired) electrons. The molecule has 8 nitrogen and oxygen atoms in total. The lowest BCUT2D eigenvalue weighted by Crippen LogP contribution is -2.44. The number of ketones is 2. The Morgan fingerprint density at radius 3 is 2.57 bits per heavy atom. The SMILES string of the molecule is CC(=O)c1ccc(CC(=O)C2c3cccc(C)c3CCN2C(=O)c2nc3c(s2)CN(C(=N)N)CC3)cc1. The number of carbonyl (C=O) groups excluding carboxylic acids is 3. The summed E-state index contributed by atoms with van der Waals surface area (Å²) in [6, 6.07) is 12.3. The Labute approximate surface area is 219 Å². The molecule has 1 unspecified atom stereocenters. The third-order valence-corrected chi connectivity index (χ3v) is 8.29. The molecule has 190 valence electrons. The number of rotatable bonds is 5. The second kappa shape index (κ2) is 9.89. The summed E-state index contributed by atoms with van der Waals surface area (Å²) in [6.07, 6.45) is 1.45. The van der Waals surface area contributed by atoms with E-state index < -0.39 is 6.04 Å². The summed E-state index contributed by atoms with van der Waals surface area (Å²) in [4.78, 5) is 48.3. The number of fused-ring (bicyclic) bond motifs is 2. The number of nitrogens with one attached hydrogen (secondary N) is 1. The number of carbonyl (C=O) groups is 3. The maximum Gasteiger partial charge on any atom is 0.283 e. The van der Waals surface area contributed by atoms with Crippen molar-refractivity contribution in [1.82, 2.24) is 14.8 Å². The molecule has 2 aliphatic rings. The fraction of sp³-hybridized carbons (Fsp3) is 0.321. The molecule has 2 aliphatic heterocycles. The van der Waals surface area contributed by atoms with E-state index in [1.165, 1.54) is 18.3 Å². The largest absolute Gasteiger partial charge is 0.370 e. The van der Waals surface area contributed by atoms with Gasteiger partial charge in [-0.2, -0.15) is 0 Å². The van der Waals surface area contributed by atoms with Crippen molar-refractivity contribution >= 4 is 34.8 Å². The summed E-state index contributed by atoms with van der Waals surface area (Å²) in [5.74, 6) is -0.327. The van der Waals surface area contributed by atoms with Crippen molar-refractivity contribution < 1.29 is 14.4 Å². The molecule has 9 heteroatoms. The van der Waals surface area contributed by atoms with Crippen LogP contribution in [0.2, 0.25) is 0 Å². The summed E-state index contributed by atoms with van der Waals surface area (Å²) < 4.78 is 0. The average Bonchev–Trinajstić information content (AvgIpc) is 3.31. The van der Waals surface area contributed by atoms with E-state index >= 15 is 0 Å². The topological polar surface area (TPSA) is 120 Å². The van der Waals surface area contributed by atoms with Crippen LogP contribution in [-0.4, -0.2) is 51.3 Å². The van der Waals surface area contributed by atoms with Crippen LogP contribution < -0.4 is 5.73 Å². The number of benzene rings is 2. The zero-order valence-electron chi connectivity index (χ0n) is 20.9. The van der Waals surface area contributed by atoms with Crippen LogP contribution >= 0.6 is 11.3 Å². The number of aromatic nitrogens is 1. The predicted molar refractivity (Wildman–Crippen MR) is 142 cm³/mol. The maximum absolute atomic E-state index is 13.8. The summed E-state index contributed by atoms with van der Waals surface area (Å²) in [6.45, 7) is 5.04. The fourth-order valence-electron chi connectivity index (χ4n) is 5.19. The van der Waals surface area contributed by atoms with Gasteiger partial charge in [-0.05, 0) is 42.5 Å². The molecule has 2 aromatic carbocycles. The molecule has 0 spiro atoms. The molecular weight excluding hydrogens is 486 g/mol. The van der Waals surface area contributed by atoms with Crippen molar-refractivity contribution in [3.05, 3.63) is 85.9 Å². The average molecular weight is 516 g/mol. The Morgan fingerprint density at radius 1 is 1.11 bits per heavy atom. The summed E-state index contributed by atoms with van der Waals surface area (Å²) in [5, 5.41) is 8.10. The van der Waals surface area contributed by atoms with Gasteiger partial charge >= 0.3 is 0 Å². The first-order valence-corrected chi connectivity index (χ1v) is 13.1. The van der Waals surface area contributed by atoms with Crippen LogP contribution in [0.5, 0.6) is 0 Å². The highest BCUT2D eigenvalue weighted by Crippen LogP contribution is 2.35. The van der Waals surface area contributed by atoms with E-state index in [4.69, 9.17) is 11.1 Å². The van der Waals surface area contributed by atoms with Crippen molar-refractivity contribution in [2.24, 2.45) is 5.73 Å². The monoisotopic (exact) mass is 515 g/mol. The number of nitrogens with two attached hydrogens (primary N) is 1. The van der Waals surface area contributed by atoms with E-state index in [9.17, 15) is 14.4 Å². The van der Waals surface area contributed by atoms with Crippen LogP contribution in [0.3, 0.4) is 0 Å². The molecule has 5 rings (SSSR count). The smallest absolute Gasteiger partial charge is 0.283 e. The molecule has 0 saturated carbocycles. The number of thiazole rings is 1. The van der Waals surface area contributed by atoms with Crippen LogP contribution in [-0.2, 0) is 30.6 Å². The number of hydrogen-bond donors (Lipinski definition) is 2. The third kappa shape index (κ3) is 4.79. The second-order valence-corrected chi connectivity index (χ2v) is 10.7. The Bertz CT molecular complexity index is 1410. The van der Waals surface area contributed by atoms with Crippen LogP contribution in [0.1, 0.15) is 66.0 Å². The molecule has 1 amide bonds. The fourth-order valence-corrected chi connectivity index (χ4v) is 6.27. The molecule has 0 aliphatic carbocycles. The van der Waals surface area contributed by atoms with Crippen LogP contribution in [0.15, 0.2) is 42.5 Å². The molecule has 3 N–H and O–H groups in total. The number of aryl methyl sites for hydroxylation is 1. The minimum atomic E-state index is -0.710. The zero-order valence-corrected chi connectivity index (χ0v) is 21.7. The van der Waals surface area contributed by atoms with E-state index in [1.54, 1.807) is 34.1 Å². The number of amides is 1. The van der Waals surface area contributed by atoms with Gasteiger partial charge in [-0.3, -0.25) is 19.8 Å². The Morgan fingerprint density at radius 2 is 1.86 bits per heavy atom. The molecule has 0 saturated heterocycles. The van der Waals surface area contributed by atoms with Crippen LogP contribution in [0.25, 0.3) is 0 Å². The number of hydrogen-bond acceptors (Lipinski definition) is 6. The number of Topliss-reactive ketones (excluding diaryl/α,β-unsaturated/α-hetero) is 2. The lowest BCUT2D eigenvalue weighted by Gasteiger charge is -2.36. The van der Waals surface area contributed by atoms with Crippen molar-refractivity contribution in [3.8, 4) is 0 Å². The molecule has 0 fully saturated rings. The Kier molecular flexibility index (Phi) is 6.64. The van der Waals surface area contributed by atoms with E-state index in [-0.39, 0.29) is 29.9 Å².